The van der Waals surface area contributed by atoms with E-state index in [0.717, 1.165) is 29.7 Å². The van der Waals surface area contributed by atoms with Gasteiger partial charge in [-0.3, -0.25) is 4.79 Å². The Bertz CT molecular complexity index is 709. The number of fused-ring (bicyclic) bond motifs is 1. The number of imidazole rings is 1. The highest BCUT2D eigenvalue weighted by molar-refractivity contribution is 5.78. The Kier molecular flexibility index (Phi) is 2.29. The summed E-state index contributed by atoms with van der Waals surface area (Å²) in [7, 11) is 0. The highest BCUT2D eigenvalue weighted by atomic mass is 16.4. The lowest BCUT2D eigenvalue weighted by atomic mass is 9.92. The zero-order chi connectivity index (χ0) is 13.9. The molecule has 2 saturated carbocycles. The van der Waals surface area contributed by atoms with Crippen LogP contribution >= 0.6 is 0 Å². The molecule has 2 aliphatic carbocycles. The first-order valence-corrected chi connectivity index (χ1v) is 7.30. The summed E-state index contributed by atoms with van der Waals surface area (Å²) in [6.07, 6.45) is 4.69. The van der Waals surface area contributed by atoms with Crippen molar-refractivity contribution >= 4 is 17.0 Å². The summed E-state index contributed by atoms with van der Waals surface area (Å²) in [5.74, 6) is 0.366. The average molecular weight is 270 g/mol. The molecule has 104 valence electrons. The first kappa shape index (κ1) is 11.9. The Balaban J connectivity index is 1.78. The van der Waals surface area contributed by atoms with Gasteiger partial charge in [-0.2, -0.15) is 0 Å². The fourth-order valence-electron chi connectivity index (χ4n) is 3.35. The Labute approximate surface area is 117 Å². The van der Waals surface area contributed by atoms with Crippen molar-refractivity contribution < 1.29 is 9.90 Å². The summed E-state index contributed by atoms with van der Waals surface area (Å²) >= 11 is 0. The van der Waals surface area contributed by atoms with Gasteiger partial charge in [0.25, 0.3) is 0 Å². The number of rotatable bonds is 4. The Morgan fingerprint density at radius 3 is 2.80 bits per heavy atom. The Morgan fingerprint density at radius 1 is 1.45 bits per heavy atom. The number of aryl methyl sites for hydroxylation is 1. The molecule has 0 unspecified atom stereocenters. The van der Waals surface area contributed by atoms with E-state index in [2.05, 4.69) is 34.7 Å². The SMILES string of the molecule is Cc1nc2cc(C3(CC(=O)O)CC3)ccc2n1C1CC1. The van der Waals surface area contributed by atoms with Gasteiger partial charge in [-0.05, 0) is 50.3 Å². The van der Waals surface area contributed by atoms with Crippen LogP contribution in [0.3, 0.4) is 0 Å². The van der Waals surface area contributed by atoms with Crippen LogP contribution < -0.4 is 0 Å². The van der Waals surface area contributed by atoms with Crippen LogP contribution in [0.2, 0.25) is 0 Å². The third-order valence-electron chi connectivity index (χ3n) is 4.73. The molecule has 0 saturated heterocycles. The topological polar surface area (TPSA) is 55.1 Å². The molecule has 2 aromatic rings. The van der Waals surface area contributed by atoms with Crippen LogP contribution in [0.25, 0.3) is 11.0 Å². The van der Waals surface area contributed by atoms with E-state index in [-0.39, 0.29) is 11.8 Å². The van der Waals surface area contributed by atoms with Gasteiger partial charge < -0.3 is 9.67 Å². The molecule has 20 heavy (non-hydrogen) atoms. The molecule has 4 heteroatoms. The van der Waals surface area contributed by atoms with Gasteiger partial charge in [-0.25, -0.2) is 4.98 Å². The predicted octanol–water partition coefficient (Wildman–Crippen LogP) is 3.19. The van der Waals surface area contributed by atoms with E-state index in [9.17, 15) is 4.79 Å². The molecule has 2 fully saturated rings. The van der Waals surface area contributed by atoms with Gasteiger partial charge in [0.05, 0.1) is 17.5 Å². The minimum atomic E-state index is -0.706. The van der Waals surface area contributed by atoms with Crippen molar-refractivity contribution in [2.45, 2.75) is 50.5 Å². The minimum absolute atomic E-state index is 0.128. The molecule has 4 rings (SSSR count). The van der Waals surface area contributed by atoms with Crippen LogP contribution in [0.15, 0.2) is 18.2 Å². The lowest BCUT2D eigenvalue weighted by Crippen LogP contribution is -2.12. The van der Waals surface area contributed by atoms with E-state index in [1.807, 2.05) is 0 Å². The fraction of sp³-hybridized carbons (Fsp3) is 0.500. The molecule has 1 aromatic heterocycles. The van der Waals surface area contributed by atoms with E-state index >= 15 is 0 Å². The van der Waals surface area contributed by atoms with Gasteiger partial charge in [0.15, 0.2) is 0 Å². The van der Waals surface area contributed by atoms with Gasteiger partial charge in [0.2, 0.25) is 0 Å². The lowest BCUT2D eigenvalue weighted by Gasteiger charge is -2.13. The number of benzene rings is 1. The average Bonchev–Trinajstić information content (AvgIpc) is 3.28. The molecule has 2 aliphatic rings. The number of carboxylic acid groups (broad SMARTS) is 1. The van der Waals surface area contributed by atoms with Crippen molar-refractivity contribution in [2.75, 3.05) is 0 Å². The first-order chi connectivity index (χ1) is 9.59. The van der Waals surface area contributed by atoms with Crippen molar-refractivity contribution in [2.24, 2.45) is 0 Å². The molecule has 4 nitrogen and oxygen atoms in total. The number of nitrogens with zero attached hydrogens (tertiary/aromatic N) is 2. The highest BCUT2D eigenvalue weighted by Crippen LogP contribution is 2.51. The largest absolute Gasteiger partial charge is 0.481 e. The Hall–Kier alpha value is -1.84. The highest BCUT2D eigenvalue weighted by Gasteiger charge is 2.46. The van der Waals surface area contributed by atoms with Gasteiger partial charge in [0, 0.05) is 11.5 Å². The lowest BCUT2D eigenvalue weighted by molar-refractivity contribution is -0.137. The number of hydrogen-bond acceptors (Lipinski definition) is 2. The zero-order valence-corrected chi connectivity index (χ0v) is 11.6. The fourth-order valence-corrected chi connectivity index (χ4v) is 3.35. The van der Waals surface area contributed by atoms with Crippen LogP contribution in [-0.4, -0.2) is 20.6 Å². The standard InChI is InChI=1S/C16H18N2O2/c1-10-17-13-8-11(16(6-7-16)9-15(19)20)2-5-14(13)18(10)12-3-4-12/h2,5,8,12H,3-4,6-7,9H2,1H3,(H,19,20). The van der Waals surface area contributed by atoms with E-state index < -0.39 is 5.97 Å². The smallest absolute Gasteiger partial charge is 0.304 e. The van der Waals surface area contributed by atoms with Gasteiger partial charge in [0.1, 0.15) is 5.82 Å². The van der Waals surface area contributed by atoms with E-state index in [4.69, 9.17) is 5.11 Å². The second kappa shape index (κ2) is 3.84. The maximum Gasteiger partial charge on any atom is 0.304 e. The summed E-state index contributed by atoms with van der Waals surface area (Å²) in [6.45, 7) is 2.06. The second-order valence-electron chi connectivity index (χ2n) is 6.31. The summed E-state index contributed by atoms with van der Waals surface area (Å²) in [6, 6.07) is 6.97. The van der Waals surface area contributed by atoms with Crippen molar-refractivity contribution in [3.05, 3.63) is 29.6 Å². The number of hydrogen-bond donors (Lipinski definition) is 1. The summed E-state index contributed by atoms with van der Waals surface area (Å²) in [4.78, 5) is 15.7. The van der Waals surface area contributed by atoms with Gasteiger partial charge in [-0.15, -0.1) is 0 Å². The molecule has 0 spiro atoms. The predicted molar refractivity (Wildman–Crippen MR) is 75.9 cm³/mol. The van der Waals surface area contributed by atoms with Crippen molar-refractivity contribution in [3.8, 4) is 0 Å². The van der Waals surface area contributed by atoms with E-state index in [1.165, 1.54) is 18.4 Å². The van der Waals surface area contributed by atoms with E-state index in [0.29, 0.717) is 6.04 Å². The second-order valence-corrected chi connectivity index (χ2v) is 6.31. The van der Waals surface area contributed by atoms with Crippen LogP contribution in [0, 0.1) is 6.92 Å². The molecule has 1 heterocycles. The molecule has 0 aliphatic heterocycles. The molecule has 0 radical (unpaired) electrons. The number of aromatic nitrogens is 2. The quantitative estimate of drug-likeness (QED) is 0.928. The third-order valence-corrected chi connectivity index (χ3v) is 4.73. The van der Waals surface area contributed by atoms with Crippen molar-refractivity contribution in [3.63, 3.8) is 0 Å². The van der Waals surface area contributed by atoms with E-state index in [1.54, 1.807) is 0 Å². The summed E-state index contributed by atoms with van der Waals surface area (Å²) < 4.78 is 2.33. The molecule has 0 atom stereocenters. The monoisotopic (exact) mass is 270 g/mol. The van der Waals surface area contributed by atoms with Crippen molar-refractivity contribution in [1.29, 1.82) is 0 Å². The van der Waals surface area contributed by atoms with Crippen molar-refractivity contribution in [1.82, 2.24) is 9.55 Å². The molecule has 0 amide bonds. The van der Waals surface area contributed by atoms with Crippen LogP contribution in [0.4, 0.5) is 0 Å². The Morgan fingerprint density at radius 2 is 2.20 bits per heavy atom. The number of carbonyl (C=O) groups is 1. The number of carboxylic acids is 1. The van der Waals surface area contributed by atoms with Gasteiger partial charge >= 0.3 is 5.97 Å². The molecule has 0 bridgehead atoms. The molecule has 1 aromatic carbocycles. The third kappa shape index (κ3) is 1.74. The van der Waals surface area contributed by atoms with Gasteiger partial charge in [-0.1, -0.05) is 6.07 Å². The summed E-state index contributed by atoms with van der Waals surface area (Å²) in [5.41, 5.74) is 3.23. The van der Waals surface area contributed by atoms with Crippen LogP contribution in [0.1, 0.15) is 49.5 Å². The normalized spacial score (nSPS) is 20.2. The number of aliphatic carboxylic acids is 1. The zero-order valence-electron chi connectivity index (χ0n) is 11.6. The molecule has 1 N–H and O–H groups in total. The van der Waals surface area contributed by atoms with Crippen LogP contribution in [0.5, 0.6) is 0 Å². The van der Waals surface area contributed by atoms with Crippen LogP contribution in [-0.2, 0) is 10.2 Å². The summed E-state index contributed by atoms with van der Waals surface area (Å²) in [5, 5.41) is 9.07. The maximum atomic E-state index is 11.0. The first-order valence-electron chi connectivity index (χ1n) is 7.30. The molecular formula is C16H18N2O2. The maximum absolute atomic E-state index is 11.0. The minimum Gasteiger partial charge on any atom is -0.481 e. The molecular weight excluding hydrogens is 252 g/mol.